The van der Waals surface area contributed by atoms with Crippen LogP contribution >= 0.6 is 0 Å². The van der Waals surface area contributed by atoms with Crippen molar-refractivity contribution in [3.8, 4) is 11.6 Å². The van der Waals surface area contributed by atoms with E-state index in [1.54, 1.807) is 7.11 Å². The summed E-state index contributed by atoms with van der Waals surface area (Å²) >= 11 is 0. The van der Waals surface area contributed by atoms with Crippen molar-refractivity contribution in [2.45, 2.75) is 6.61 Å². The quantitative estimate of drug-likeness (QED) is 0.718. The summed E-state index contributed by atoms with van der Waals surface area (Å²) in [6, 6.07) is 19.9. The number of benzene rings is 2. The molecule has 2 aromatic carbocycles. The minimum Gasteiger partial charge on any atom is -0.487 e. The third kappa shape index (κ3) is 2.72. The standard InChI is InChI=1S/C17H15NO2/c1-19-17-8-4-7-15(18-17)12-20-16-10-9-13-5-2-3-6-14(13)11-16/h2-11H,12H2,1H3. The molecule has 0 aliphatic heterocycles. The molecule has 0 aliphatic rings. The molecule has 0 aliphatic carbocycles. The van der Waals surface area contributed by atoms with Gasteiger partial charge in [0, 0.05) is 6.07 Å². The molecule has 0 spiro atoms. The van der Waals surface area contributed by atoms with Gasteiger partial charge in [0.1, 0.15) is 12.4 Å². The van der Waals surface area contributed by atoms with Crippen LogP contribution in [-0.2, 0) is 6.61 Å². The minimum absolute atomic E-state index is 0.426. The zero-order chi connectivity index (χ0) is 13.8. The topological polar surface area (TPSA) is 31.4 Å². The summed E-state index contributed by atoms with van der Waals surface area (Å²) in [6.07, 6.45) is 0. The van der Waals surface area contributed by atoms with E-state index in [1.165, 1.54) is 10.8 Å². The van der Waals surface area contributed by atoms with Gasteiger partial charge in [0.25, 0.3) is 0 Å². The van der Waals surface area contributed by atoms with E-state index in [-0.39, 0.29) is 0 Å². The van der Waals surface area contributed by atoms with Gasteiger partial charge < -0.3 is 9.47 Å². The summed E-state index contributed by atoms with van der Waals surface area (Å²) in [5.74, 6) is 1.44. The first-order chi connectivity index (χ1) is 9.85. The molecular weight excluding hydrogens is 250 g/mol. The normalized spacial score (nSPS) is 10.4. The Bertz CT molecular complexity index is 725. The monoisotopic (exact) mass is 265 g/mol. The minimum atomic E-state index is 0.426. The molecule has 0 amide bonds. The molecule has 1 heterocycles. The number of ether oxygens (including phenoxy) is 2. The van der Waals surface area contributed by atoms with Gasteiger partial charge in [-0.15, -0.1) is 0 Å². The lowest BCUT2D eigenvalue weighted by molar-refractivity contribution is 0.298. The van der Waals surface area contributed by atoms with Crippen molar-refractivity contribution < 1.29 is 9.47 Å². The lowest BCUT2D eigenvalue weighted by atomic mass is 10.1. The molecule has 3 rings (SSSR count). The maximum absolute atomic E-state index is 5.78. The summed E-state index contributed by atoms with van der Waals surface area (Å²) < 4.78 is 10.9. The predicted molar refractivity (Wildman–Crippen MR) is 79.1 cm³/mol. The van der Waals surface area contributed by atoms with Crippen LogP contribution in [0, 0.1) is 0 Å². The third-order valence-corrected chi connectivity index (χ3v) is 3.10. The van der Waals surface area contributed by atoms with Gasteiger partial charge in [-0.05, 0) is 29.0 Å². The van der Waals surface area contributed by atoms with Crippen molar-refractivity contribution in [2.75, 3.05) is 7.11 Å². The largest absolute Gasteiger partial charge is 0.487 e. The van der Waals surface area contributed by atoms with Crippen molar-refractivity contribution in [1.82, 2.24) is 4.98 Å². The number of fused-ring (bicyclic) bond motifs is 1. The Morgan fingerprint density at radius 3 is 2.60 bits per heavy atom. The summed E-state index contributed by atoms with van der Waals surface area (Å²) in [5, 5.41) is 2.38. The van der Waals surface area contributed by atoms with Crippen molar-refractivity contribution in [2.24, 2.45) is 0 Å². The molecule has 3 heteroatoms. The smallest absolute Gasteiger partial charge is 0.213 e. The molecule has 3 nitrogen and oxygen atoms in total. The van der Waals surface area contributed by atoms with Crippen LogP contribution in [0.2, 0.25) is 0 Å². The van der Waals surface area contributed by atoms with Crippen LogP contribution in [0.3, 0.4) is 0 Å². The highest BCUT2D eigenvalue weighted by molar-refractivity contribution is 5.83. The molecule has 1 aromatic heterocycles. The van der Waals surface area contributed by atoms with Crippen LogP contribution in [0.4, 0.5) is 0 Å². The van der Waals surface area contributed by atoms with E-state index in [0.29, 0.717) is 12.5 Å². The molecule has 0 fully saturated rings. The number of pyridine rings is 1. The van der Waals surface area contributed by atoms with Gasteiger partial charge in [-0.1, -0.05) is 36.4 Å². The Morgan fingerprint density at radius 1 is 0.900 bits per heavy atom. The number of hydrogen-bond acceptors (Lipinski definition) is 3. The third-order valence-electron chi connectivity index (χ3n) is 3.10. The second kappa shape index (κ2) is 5.61. The van der Waals surface area contributed by atoms with Crippen LogP contribution in [-0.4, -0.2) is 12.1 Å². The lowest BCUT2D eigenvalue weighted by Gasteiger charge is -2.08. The Hall–Kier alpha value is -2.55. The van der Waals surface area contributed by atoms with E-state index in [4.69, 9.17) is 9.47 Å². The molecule has 0 N–H and O–H groups in total. The van der Waals surface area contributed by atoms with Crippen LogP contribution < -0.4 is 9.47 Å². The highest BCUT2D eigenvalue weighted by Crippen LogP contribution is 2.21. The van der Waals surface area contributed by atoms with Crippen molar-refractivity contribution in [1.29, 1.82) is 0 Å². The Balaban J connectivity index is 1.76. The molecule has 3 aromatic rings. The van der Waals surface area contributed by atoms with Crippen molar-refractivity contribution in [3.05, 3.63) is 66.4 Å². The average molecular weight is 265 g/mol. The maximum Gasteiger partial charge on any atom is 0.213 e. The molecule has 0 saturated heterocycles. The van der Waals surface area contributed by atoms with Crippen LogP contribution in [0.25, 0.3) is 10.8 Å². The number of nitrogens with zero attached hydrogens (tertiary/aromatic N) is 1. The first kappa shape index (κ1) is 12.5. The molecule has 0 bridgehead atoms. The van der Waals surface area contributed by atoms with Crippen molar-refractivity contribution in [3.63, 3.8) is 0 Å². The second-order valence-electron chi connectivity index (χ2n) is 4.47. The van der Waals surface area contributed by atoms with Gasteiger partial charge in [-0.25, -0.2) is 4.98 Å². The zero-order valence-corrected chi connectivity index (χ0v) is 11.2. The van der Waals surface area contributed by atoms with Crippen LogP contribution in [0.1, 0.15) is 5.69 Å². The SMILES string of the molecule is COc1cccc(COc2ccc3ccccc3c2)n1. The summed E-state index contributed by atoms with van der Waals surface area (Å²) in [6.45, 7) is 0.426. The Labute approximate surface area is 117 Å². The van der Waals surface area contributed by atoms with Gasteiger partial charge in [-0.2, -0.15) is 0 Å². The highest BCUT2D eigenvalue weighted by Gasteiger charge is 2.00. The first-order valence-corrected chi connectivity index (χ1v) is 6.47. The molecule has 0 unspecified atom stereocenters. The molecule has 0 radical (unpaired) electrons. The zero-order valence-electron chi connectivity index (χ0n) is 11.2. The molecule has 100 valence electrons. The average Bonchev–Trinajstić information content (AvgIpc) is 2.53. The van der Waals surface area contributed by atoms with Gasteiger partial charge in [0.2, 0.25) is 5.88 Å². The van der Waals surface area contributed by atoms with Gasteiger partial charge in [0.15, 0.2) is 0 Å². The number of aromatic nitrogens is 1. The van der Waals surface area contributed by atoms with E-state index < -0.39 is 0 Å². The van der Waals surface area contributed by atoms with Gasteiger partial charge >= 0.3 is 0 Å². The number of rotatable bonds is 4. The number of hydrogen-bond donors (Lipinski definition) is 0. The fraction of sp³-hybridized carbons (Fsp3) is 0.118. The molecule has 20 heavy (non-hydrogen) atoms. The Kier molecular flexibility index (Phi) is 3.50. The van der Waals surface area contributed by atoms with Crippen LogP contribution in [0.15, 0.2) is 60.7 Å². The highest BCUT2D eigenvalue weighted by atomic mass is 16.5. The Morgan fingerprint density at radius 2 is 1.75 bits per heavy atom. The van der Waals surface area contributed by atoms with Gasteiger partial charge in [0.05, 0.1) is 12.8 Å². The van der Waals surface area contributed by atoms with Gasteiger partial charge in [-0.3, -0.25) is 0 Å². The van der Waals surface area contributed by atoms with Crippen LogP contribution in [0.5, 0.6) is 11.6 Å². The van der Waals surface area contributed by atoms with Crippen molar-refractivity contribution >= 4 is 10.8 Å². The molecule has 0 saturated carbocycles. The maximum atomic E-state index is 5.78. The van der Waals surface area contributed by atoms with E-state index in [2.05, 4.69) is 23.2 Å². The first-order valence-electron chi connectivity index (χ1n) is 6.47. The van der Waals surface area contributed by atoms with E-state index in [0.717, 1.165) is 11.4 Å². The predicted octanol–water partition coefficient (Wildman–Crippen LogP) is 3.82. The summed E-state index contributed by atoms with van der Waals surface area (Å²) in [4.78, 5) is 4.32. The van der Waals surface area contributed by atoms with E-state index in [9.17, 15) is 0 Å². The second-order valence-corrected chi connectivity index (χ2v) is 4.47. The number of methoxy groups -OCH3 is 1. The fourth-order valence-corrected chi connectivity index (χ4v) is 2.07. The summed E-state index contributed by atoms with van der Waals surface area (Å²) in [7, 11) is 1.61. The van der Waals surface area contributed by atoms with E-state index >= 15 is 0 Å². The van der Waals surface area contributed by atoms with E-state index in [1.807, 2.05) is 42.5 Å². The fourth-order valence-electron chi connectivity index (χ4n) is 2.07. The molecule has 0 atom stereocenters. The summed E-state index contributed by atoms with van der Waals surface area (Å²) in [5.41, 5.74) is 0.845. The molecular formula is C17H15NO2. The lowest BCUT2D eigenvalue weighted by Crippen LogP contribution is -1.99.